The van der Waals surface area contributed by atoms with Crippen molar-refractivity contribution in [3.05, 3.63) is 53.9 Å². The number of hydrogen-bond donors (Lipinski definition) is 1. The Bertz CT molecular complexity index is 464. The molecule has 2 rings (SSSR count). The number of aryl methyl sites for hydroxylation is 2. The molecular formula is C15H20N2O. The van der Waals surface area contributed by atoms with Crippen LogP contribution in [0.3, 0.4) is 0 Å². The van der Waals surface area contributed by atoms with Crippen molar-refractivity contribution < 1.29 is 5.11 Å². The lowest BCUT2D eigenvalue weighted by molar-refractivity contribution is 0.218. The Morgan fingerprint density at radius 2 is 2.00 bits per heavy atom. The molecule has 0 aliphatic rings. The van der Waals surface area contributed by atoms with Crippen molar-refractivity contribution in [1.29, 1.82) is 0 Å². The largest absolute Gasteiger partial charge is 0.396 e. The Balaban J connectivity index is 1.86. The van der Waals surface area contributed by atoms with Gasteiger partial charge in [-0.1, -0.05) is 30.3 Å². The lowest BCUT2D eigenvalue weighted by atomic mass is 9.94. The molecule has 2 aromatic rings. The first-order chi connectivity index (χ1) is 8.78. The molecule has 3 heteroatoms. The van der Waals surface area contributed by atoms with Crippen LogP contribution >= 0.6 is 0 Å². The standard InChI is InChI=1S/C15H20N2O/c1-17-11-15(10-16-17)8-7-14(12-18)9-13-5-3-2-4-6-13/h2-6,10-11,14,18H,7-9,12H2,1H3. The zero-order valence-corrected chi connectivity index (χ0v) is 10.8. The molecule has 0 aliphatic carbocycles. The van der Waals surface area contributed by atoms with E-state index in [9.17, 15) is 5.11 Å². The highest BCUT2D eigenvalue weighted by Crippen LogP contribution is 2.14. The maximum atomic E-state index is 9.45. The van der Waals surface area contributed by atoms with Crippen molar-refractivity contribution in [3.63, 3.8) is 0 Å². The number of aromatic nitrogens is 2. The molecule has 0 radical (unpaired) electrons. The van der Waals surface area contributed by atoms with Gasteiger partial charge in [-0.05, 0) is 36.3 Å². The summed E-state index contributed by atoms with van der Waals surface area (Å²) in [6.07, 6.45) is 6.86. The van der Waals surface area contributed by atoms with Crippen molar-refractivity contribution >= 4 is 0 Å². The fourth-order valence-electron chi connectivity index (χ4n) is 2.18. The Kier molecular flexibility index (Phi) is 4.53. The fraction of sp³-hybridized carbons (Fsp3) is 0.400. The SMILES string of the molecule is Cn1cc(CCC(CO)Cc2ccccc2)cn1. The van der Waals surface area contributed by atoms with Gasteiger partial charge in [0, 0.05) is 19.9 Å². The van der Waals surface area contributed by atoms with Gasteiger partial charge in [-0.25, -0.2) is 0 Å². The lowest BCUT2D eigenvalue weighted by Crippen LogP contribution is -2.10. The van der Waals surface area contributed by atoms with Crippen LogP contribution in [-0.4, -0.2) is 21.5 Å². The van der Waals surface area contributed by atoms with Crippen LogP contribution in [0.4, 0.5) is 0 Å². The molecule has 0 bridgehead atoms. The van der Waals surface area contributed by atoms with Crippen LogP contribution in [0.15, 0.2) is 42.7 Å². The Morgan fingerprint density at radius 1 is 1.22 bits per heavy atom. The van der Waals surface area contributed by atoms with E-state index >= 15 is 0 Å². The highest BCUT2D eigenvalue weighted by atomic mass is 16.3. The summed E-state index contributed by atoms with van der Waals surface area (Å²) in [4.78, 5) is 0. The van der Waals surface area contributed by atoms with Gasteiger partial charge in [0.15, 0.2) is 0 Å². The zero-order chi connectivity index (χ0) is 12.8. The molecular weight excluding hydrogens is 224 g/mol. The van der Waals surface area contributed by atoms with E-state index in [-0.39, 0.29) is 6.61 Å². The maximum Gasteiger partial charge on any atom is 0.0521 e. The average molecular weight is 244 g/mol. The monoisotopic (exact) mass is 244 g/mol. The van der Waals surface area contributed by atoms with Crippen molar-refractivity contribution in [2.24, 2.45) is 13.0 Å². The second-order valence-electron chi connectivity index (χ2n) is 4.80. The van der Waals surface area contributed by atoms with Crippen molar-refractivity contribution in [2.75, 3.05) is 6.61 Å². The van der Waals surface area contributed by atoms with E-state index in [1.54, 1.807) is 0 Å². The Hall–Kier alpha value is -1.61. The van der Waals surface area contributed by atoms with Gasteiger partial charge in [-0.15, -0.1) is 0 Å². The molecule has 0 spiro atoms. The van der Waals surface area contributed by atoms with Gasteiger partial charge in [0.1, 0.15) is 0 Å². The van der Waals surface area contributed by atoms with Crippen LogP contribution in [0, 0.1) is 5.92 Å². The van der Waals surface area contributed by atoms with E-state index in [1.165, 1.54) is 11.1 Å². The second kappa shape index (κ2) is 6.36. The molecule has 0 fully saturated rings. The first-order valence-electron chi connectivity index (χ1n) is 6.40. The van der Waals surface area contributed by atoms with Gasteiger partial charge < -0.3 is 5.11 Å². The van der Waals surface area contributed by atoms with E-state index in [0.29, 0.717) is 5.92 Å². The van der Waals surface area contributed by atoms with Crippen LogP contribution in [0.25, 0.3) is 0 Å². The Labute approximate surface area is 108 Å². The molecule has 0 aliphatic heterocycles. The van der Waals surface area contributed by atoms with Gasteiger partial charge in [0.2, 0.25) is 0 Å². The molecule has 96 valence electrons. The first kappa shape index (κ1) is 12.8. The molecule has 0 amide bonds. The molecule has 1 heterocycles. The molecule has 1 unspecified atom stereocenters. The second-order valence-corrected chi connectivity index (χ2v) is 4.80. The van der Waals surface area contributed by atoms with E-state index in [2.05, 4.69) is 17.2 Å². The highest BCUT2D eigenvalue weighted by Gasteiger charge is 2.09. The van der Waals surface area contributed by atoms with E-state index in [0.717, 1.165) is 19.3 Å². The first-order valence-corrected chi connectivity index (χ1v) is 6.40. The van der Waals surface area contributed by atoms with Gasteiger partial charge in [0.05, 0.1) is 6.20 Å². The molecule has 1 N–H and O–H groups in total. The predicted octanol–water partition coefficient (Wildman–Crippen LogP) is 2.20. The fourth-order valence-corrected chi connectivity index (χ4v) is 2.18. The summed E-state index contributed by atoms with van der Waals surface area (Å²) in [7, 11) is 1.93. The van der Waals surface area contributed by atoms with Gasteiger partial charge >= 0.3 is 0 Å². The zero-order valence-electron chi connectivity index (χ0n) is 10.8. The summed E-state index contributed by atoms with van der Waals surface area (Å²) >= 11 is 0. The molecule has 1 aromatic carbocycles. The number of nitrogens with zero attached hydrogens (tertiary/aromatic N) is 2. The van der Waals surface area contributed by atoms with Gasteiger partial charge in [-0.2, -0.15) is 5.10 Å². The van der Waals surface area contributed by atoms with Crippen LogP contribution in [0.5, 0.6) is 0 Å². The van der Waals surface area contributed by atoms with Gasteiger partial charge in [0.25, 0.3) is 0 Å². The molecule has 0 saturated heterocycles. The number of benzene rings is 1. The van der Waals surface area contributed by atoms with Crippen LogP contribution < -0.4 is 0 Å². The summed E-state index contributed by atoms with van der Waals surface area (Å²) < 4.78 is 1.82. The third-order valence-corrected chi connectivity index (χ3v) is 3.23. The minimum atomic E-state index is 0.245. The predicted molar refractivity (Wildman–Crippen MR) is 72.3 cm³/mol. The lowest BCUT2D eigenvalue weighted by Gasteiger charge is -2.13. The molecule has 1 aromatic heterocycles. The normalized spacial score (nSPS) is 12.6. The smallest absolute Gasteiger partial charge is 0.0521 e. The molecule has 3 nitrogen and oxygen atoms in total. The number of rotatable bonds is 6. The summed E-state index contributed by atoms with van der Waals surface area (Å²) in [6.45, 7) is 0.245. The van der Waals surface area contributed by atoms with Crippen LogP contribution in [0.1, 0.15) is 17.5 Å². The summed E-state index contributed by atoms with van der Waals surface area (Å²) in [5.41, 5.74) is 2.53. The third kappa shape index (κ3) is 3.70. The quantitative estimate of drug-likeness (QED) is 0.846. The van der Waals surface area contributed by atoms with Crippen molar-refractivity contribution in [3.8, 4) is 0 Å². The summed E-state index contributed by atoms with van der Waals surface area (Å²) in [6, 6.07) is 10.3. The summed E-state index contributed by atoms with van der Waals surface area (Å²) in [5, 5.41) is 13.6. The topological polar surface area (TPSA) is 38.0 Å². The highest BCUT2D eigenvalue weighted by molar-refractivity contribution is 5.15. The van der Waals surface area contributed by atoms with E-state index in [4.69, 9.17) is 0 Å². The number of hydrogen-bond acceptors (Lipinski definition) is 2. The van der Waals surface area contributed by atoms with Crippen molar-refractivity contribution in [2.45, 2.75) is 19.3 Å². The van der Waals surface area contributed by atoms with Crippen molar-refractivity contribution in [1.82, 2.24) is 9.78 Å². The molecule has 18 heavy (non-hydrogen) atoms. The minimum Gasteiger partial charge on any atom is -0.396 e. The molecule has 1 atom stereocenters. The van der Waals surface area contributed by atoms with E-state index < -0.39 is 0 Å². The van der Waals surface area contributed by atoms with Crippen LogP contribution in [-0.2, 0) is 19.9 Å². The minimum absolute atomic E-state index is 0.245. The van der Waals surface area contributed by atoms with Gasteiger partial charge in [-0.3, -0.25) is 4.68 Å². The van der Waals surface area contributed by atoms with E-state index in [1.807, 2.05) is 42.3 Å². The molecule has 0 saturated carbocycles. The van der Waals surface area contributed by atoms with Crippen LogP contribution in [0.2, 0.25) is 0 Å². The number of aliphatic hydroxyl groups is 1. The summed E-state index contributed by atoms with van der Waals surface area (Å²) in [5.74, 6) is 0.326. The average Bonchev–Trinajstić information content (AvgIpc) is 2.81. The third-order valence-electron chi connectivity index (χ3n) is 3.23. The number of aliphatic hydroxyl groups excluding tert-OH is 1. The maximum absolute atomic E-state index is 9.45. The Morgan fingerprint density at radius 3 is 2.61 bits per heavy atom.